The number of hydrogen-bond acceptors (Lipinski definition) is 2. The lowest BCUT2D eigenvalue weighted by molar-refractivity contribution is 0.159. The zero-order chi connectivity index (χ0) is 17.3. The monoisotopic (exact) mass is 338 g/mol. The first-order chi connectivity index (χ1) is 12.2. The number of halogens is 1. The van der Waals surface area contributed by atoms with E-state index < -0.39 is 0 Å². The van der Waals surface area contributed by atoms with Crippen LogP contribution >= 0.6 is 0 Å². The van der Waals surface area contributed by atoms with E-state index in [2.05, 4.69) is 47.5 Å². The molecule has 2 aliphatic rings. The van der Waals surface area contributed by atoms with Gasteiger partial charge in [-0.25, -0.2) is 4.39 Å². The molecule has 0 saturated carbocycles. The second kappa shape index (κ2) is 6.89. The Hall–Kier alpha value is -1.71. The van der Waals surface area contributed by atoms with Crippen LogP contribution < -0.4 is 5.32 Å². The van der Waals surface area contributed by atoms with Crippen molar-refractivity contribution in [1.82, 2.24) is 10.2 Å². The summed E-state index contributed by atoms with van der Waals surface area (Å²) in [5, 5.41) is 3.57. The van der Waals surface area contributed by atoms with Crippen LogP contribution in [0.2, 0.25) is 0 Å². The minimum absolute atomic E-state index is 0.146. The Morgan fingerprint density at radius 1 is 1.12 bits per heavy atom. The molecule has 2 aliphatic heterocycles. The molecule has 2 aromatic carbocycles. The maximum Gasteiger partial charge on any atom is 0.123 e. The van der Waals surface area contributed by atoms with Gasteiger partial charge in [-0.05, 0) is 55.0 Å². The van der Waals surface area contributed by atoms with Crippen LogP contribution in [0.4, 0.5) is 4.39 Å². The maximum atomic E-state index is 13.4. The Balaban J connectivity index is 1.57. The van der Waals surface area contributed by atoms with Crippen LogP contribution in [-0.2, 0) is 6.54 Å². The predicted molar refractivity (Wildman–Crippen MR) is 100.0 cm³/mol. The van der Waals surface area contributed by atoms with Gasteiger partial charge in [-0.15, -0.1) is 0 Å². The van der Waals surface area contributed by atoms with E-state index in [-0.39, 0.29) is 5.82 Å². The van der Waals surface area contributed by atoms with Crippen molar-refractivity contribution >= 4 is 0 Å². The Labute approximate surface area is 150 Å². The summed E-state index contributed by atoms with van der Waals surface area (Å²) in [6.45, 7) is 6.60. The molecule has 0 bridgehead atoms. The molecule has 0 radical (unpaired) electrons. The van der Waals surface area contributed by atoms with Crippen molar-refractivity contribution in [2.24, 2.45) is 5.41 Å². The quantitative estimate of drug-likeness (QED) is 0.903. The van der Waals surface area contributed by atoms with Crippen LogP contribution in [-0.4, -0.2) is 30.6 Å². The second-order valence-corrected chi connectivity index (χ2v) is 7.86. The van der Waals surface area contributed by atoms with E-state index in [1.807, 2.05) is 12.1 Å². The van der Waals surface area contributed by atoms with Gasteiger partial charge >= 0.3 is 0 Å². The summed E-state index contributed by atoms with van der Waals surface area (Å²) in [7, 11) is 0. The topological polar surface area (TPSA) is 15.3 Å². The molecule has 2 nitrogen and oxygen atoms in total. The van der Waals surface area contributed by atoms with Crippen molar-refractivity contribution in [3.8, 4) is 0 Å². The van der Waals surface area contributed by atoms with Crippen LogP contribution in [0.5, 0.6) is 0 Å². The Morgan fingerprint density at radius 3 is 2.64 bits per heavy atom. The van der Waals surface area contributed by atoms with E-state index in [1.54, 1.807) is 12.1 Å². The van der Waals surface area contributed by atoms with Gasteiger partial charge < -0.3 is 5.32 Å². The fraction of sp³-hybridized carbons (Fsp3) is 0.455. The van der Waals surface area contributed by atoms with E-state index in [0.29, 0.717) is 17.4 Å². The fourth-order valence-electron chi connectivity index (χ4n) is 4.95. The van der Waals surface area contributed by atoms with Gasteiger partial charge in [-0.3, -0.25) is 4.90 Å². The van der Waals surface area contributed by atoms with Gasteiger partial charge in [0.1, 0.15) is 5.82 Å². The maximum absolute atomic E-state index is 13.4. The highest BCUT2D eigenvalue weighted by atomic mass is 19.1. The predicted octanol–water partition coefficient (Wildman–Crippen LogP) is 4.18. The van der Waals surface area contributed by atoms with Crippen molar-refractivity contribution in [3.05, 3.63) is 71.5 Å². The lowest BCUT2D eigenvalue weighted by Gasteiger charge is -2.42. The number of piperidine rings is 1. The molecule has 1 spiro atoms. The molecular formula is C22H27FN2. The summed E-state index contributed by atoms with van der Waals surface area (Å²) in [5.41, 5.74) is 2.97. The number of likely N-dealkylation sites (tertiary alicyclic amines) is 1. The average Bonchev–Trinajstić information content (AvgIpc) is 2.93. The van der Waals surface area contributed by atoms with Gasteiger partial charge in [0.05, 0.1) is 0 Å². The lowest BCUT2D eigenvalue weighted by Crippen LogP contribution is -2.45. The smallest absolute Gasteiger partial charge is 0.123 e. The highest BCUT2D eigenvalue weighted by Crippen LogP contribution is 2.50. The normalized spacial score (nSPS) is 30.0. The molecule has 1 N–H and O–H groups in total. The molecule has 2 heterocycles. The van der Waals surface area contributed by atoms with Gasteiger partial charge in [0.2, 0.25) is 0 Å². The van der Waals surface area contributed by atoms with E-state index in [0.717, 1.165) is 26.2 Å². The zero-order valence-corrected chi connectivity index (χ0v) is 14.9. The fourth-order valence-corrected chi connectivity index (χ4v) is 4.95. The third-order valence-electron chi connectivity index (χ3n) is 6.23. The molecular weight excluding hydrogens is 311 g/mol. The molecule has 4 rings (SSSR count). The van der Waals surface area contributed by atoms with Gasteiger partial charge in [-0.1, -0.05) is 42.5 Å². The molecule has 0 aliphatic carbocycles. The molecule has 3 heteroatoms. The zero-order valence-electron chi connectivity index (χ0n) is 14.9. The summed E-state index contributed by atoms with van der Waals surface area (Å²) in [4.78, 5) is 2.64. The summed E-state index contributed by atoms with van der Waals surface area (Å²) >= 11 is 0. The largest absolute Gasteiger partial charge is 0.316 e. The summed E-state index contributed by atoms with van der Waals surface area (Å²) in [5.74, 6) is 0.317. The third kappa shape index (κ3) is 3.36. The summed E-state index contributed by atoms with van der Waals surface area (Å²) in [6, 6.07) is 18.5. The van der Waals surface area contributed by atoms with Crippen LogP contribution in [0.15, 0.2) is 54.6 Å². The molecule has 0 aromatic heterocycles. The lowest BCUT2D eigenvalue weighted by atomic mass is 9.66. The Bertz CT molecular complexity index is 700. The molecule has 2 saturated heterocycles. The van der Waals surface area contributed by atoms with Crippen LogP contribution in [0.25, 0.3) is 0 Å². The van der Waals surface area contributed by atoms with E-state index in [1.165, 1.54) is 24.0 Å². The molecule has 3 atom stereocenters. The molecule has 2 aromatic rings. The highest BCUT2D eigenvalue weighted by Gasteiger charge is 2.48. The molecule has 3 unspecified atom stereocenters. The molecule has 2 fully saturated rings. The summed E-state index contributed by atoms with van der Waals surface area (Å²) < 4.78 is 13.4. The van der Waals surface area contributed by atoms with Crippen LogP contribution in [0.3, 0.4) is 0 Å². The van der Waals surface area contributed by atoms with Gasteiger partial charge in [0.25, 0.3) is 0 Å². The number of nitrogens with one attached hydrogen (secondary N) is 1. The van der Waals surface area contributed by atoms with E-state index in [4.69, 9.17) is 0 Å². The first-order valence-corrected chi connectivity index (χ1v) is 9.40. The number of hydrogen-bond donors (Lipinski definition) is 1. The first kappa shape index (κ1) is 16.7. The molecule has 25 heavy (non-hydrogen) atoms. The van der Waals surface area contributed by atoms with Crippen LogP contribution in [0, 0.1) is 11.2 Å². The minimum atomic E-state index is -0.146. The summed E-state index contributed by atoms with van der Waals surface area (Å²) in [6.07, 6.45) is 2.42. The molecule has 0 amide bonds. The van der Waals surface area contributed by atoms with Gasteiger partial charge in [-0.2, -0.15) is 0 Å². The Kier molecular flexibility index (Phi) is 4.61. The van der Waals surface area contributed by atoms with Crippen molar-refractivity contribution < 1.29 is 4.39 Å². The van der Waals surface area contributed by atoms with Crippen LogP contribution in [0.1, 0.15) is 36.8 Å². The molecule has 132 valence electrons. The van der Waals surface area contributed by atoms with Crippen molar-refractivity contribution in [3.63, 3.8) is 0 Å². The number of nitrogens with zero attached hydrogens (tertiary/aromatic N) is 1. The first-order valence-electron chi connectivity index (χ1n) is 9.40. The second-order valence-electron chi connectivity index (χ2n) is 7.86. The van der Waals surface area contributed by atoms with Crippen molar-refractivity contribution in [2.75, 3.05) is 19.6 Å². The SMILES string of the molecule is CC1CC2(CCNCC2c2ccc(F)cc2)CN1Cc1ccccc1. The third-order valence-corrected chi connectivity index (χ3v) is 6.23. The van der Waals surface area contributed by atoms with Crippen molar-refractivity contribution in [2.45, 2.75) is 38.3 Å². The standard InChI is InChI=1S/C22H27FN2/c1-17-13-22(16-25(17)15-18-5-3-2-4-6-18)11-12-24-14-21(22)19-7-9-20(23)10-8-19/h2-10,17,21,24H,11-16H2,1H3. The number of rotatable bonds is 3. The Morgan fingerprint density at radius 2 is 1.88 bits per heavy atom. The van der Waals surface area contributed by atoms with Crippen molar-refractivity contribution in [1.29, 1.82) is 0 Å². The van der Waals surface area contributed by atoms with E-state index >= 15 is 0 Å². The van der Waals surface area contributed by atoms with E-state index in [9.17, 15) is 4.39 Å². The van der Waals surface area contributed by atoms with Gasteiger partial charge in [0.15, 0.2) is 0 Å². The number of benzene rings is 2. The highest BCUT2D eigenvalue weighted by molar-refractivity contribution is 5.26. The minimum Gasteiger partial charge on any atom is -0.316 e. The van der Waals surface area contributed by atoms with Gasteiger partial charge in [0, 0.05) is 31.6 Å². The average molecular weight is 338 g/mol.